The highest BCUT2D eigenvalue weighted by molar-refractivity contribution is 5.95. The van der Waals surface area contributed by atoms with Gasteiger partial charge in [0.05, 0.1) is 48.0 Å². The van der Waals surface area contributed by atoms with Crippen molar-refractivity contribution in [2.45, 2.75) is 46.3 Å². The Hall–Kier alpha value is -3.30. The van der Waals surface area contributed by atoms with E-state index in [0.29, 0.717) is 12.1 Å². The van der Waals surface area contributed by atoms with Gasteiger partial charge in [0, 0.05) is 5.70 Å². The third-order valence-electron chi connectivity index (χ3n) is 4.19. The third-order valence-corrected chi connectivity index (χ3v) is 4.19. The lowest BCUT2D eigenvalue weighted by molar-refractivity contribution is -0.385. The molecule has 0 spiro atoms. The number of nitrogens with zero attached hydrogens (tertiary/aromatic N) is 1. The highest BCUT2D eigenvalue weighted by atomic mass is 16.6. The molecule has 1 heterocycles. The number of amides is 2. The van der Waals surface area contributed by atoms with E-state index in [-0.39, 0.29) is 41.0 Å². The molecule has 2 N–H and O–H groups in total. The maximum absolute atomic E-state index is 12.6. The number of rotatable bonds is 8. The number of benzene rings is 1. The first-order valence-electron chi connectivity index (χ1n) is 9.24. The summed E-state index contributed by atoms with van der Waals surface area (Å²) in [4.78, 5) is 36.0. The highest BCUT2D eigenvalue weighted by Crippen LogP contribution is 2.41. The zero-order chi connectivity index (χ0) is 21.7. The van der Waals surface area contributed by atoms with Gasteiger partial charge in [-0.25, -0.2) is 9.59 Å². The molecule has 1 atom stereocenters. The number of allylic oxidation sites excluding steroid dienone is 1. The Labute approximate surface area is 168 Å². The molecule has 1 aliphatic rings. The van der Waals surface area contributed by atoms with E-state index >= 15 is 0 Å². The number of ether oxygens (including phenoxy) is 3. The first-order chi connectivity index (χ1) is 13.7. The molecule has 0 fully saturated rings. The van der Waals surface area contributed by atoms with Crippen LogP contribution in [0.2, 0.25) is 0 Å². The van der Waals surface area contributed by atoms with Crippen LogP contribution in [0.3, 0.4) is 0 Å². The topological polar surface area (TPSA) is 129 Å². The predicted molar refractivity (Wildman–Crippen MR) is 104 cm³/mol. The van der Waals surface area contributed by atoms with Crippen molar-refractivity contribution in [2.24, 2.45) is 0 Å². The van der Waals surface area contributed by atoms with E-state index in [1.165, 1.54) is 19.2 Å². The van der Waals surface area contributed by atoms with E-state index in [4.69, 9.17) is 14.2 Å². The SMILES string of the molecule is CCOC(=O)C1=C(CC)NC(=O)NC1c1cc(OC(C)C)c(OC)cc1[N+](=O)[O-]. The minimum absolute atomic E-state index is 0.0929. The van der Waals surface area contributed by atoms with Gasteiger partial charge in [-0.15, -0.1) is 0 Å². The monoisotopic (exact) mass is 407 g/mol. The summed E-state index contributed by atoms with van der Waals surface area (Å²) >= 11 is 0. The van der Waals surface area contributed by atoms with Crippen LogP contribution >= 0.6 is 0 Å². The second-order valence-electron chi connectivity index (χ2n) is 6.48. The number of nitrogens with one attached hydrogen (secondary N) is 2. The van der Waals surface area contributed by atoms with Crippen LogP contribution in [0.25, 0.3) is 0 Å². The largest absolute Gasteiger partial charge is 0.493 e. The summed E-state index contributed by atoms with van der Waals surface area (Å²) in [5, 5.41) is 16.9. The molecule has 10 heteroatoms. The van der Waals surface area contributed by atoms with Crippen molar-refractivity contribution in [3.63, 3.8) is 0 Å². The smallest absolute Gasteiger partial charge is 0.338 e. The quantitative estimate of drug-likeness (QED) is 0.385. The van der Waals surface area contributed by atoms with Gasteiger partial charge in [-0.05, 0) is 33.3 Å². The van der Waals surface area contributed by atoms with E-state index in [1.54, 1.807) is 27.7 Å². The van der Waals surface area contributed by atoms with E-state index in [0.717, 1.165) is 0 Å². The van der Waals surface area contributed by atoms with Crippen molar-refractivity contribution < 1.29 is 28.7 Å². The van der Waals surface area contributed by atoms with Crippen LogP contribution < -0.4 is 20.1 Å². The molecule has 158 valence electrons. The second-order valence-corrected chi connectivity index (χ2v) is 6.48. The highest BCUT2D eigenvalue weighted by Gasteiger charge is 2.37. The van der Waals surface area contributed by atoms with Gasteiger partial charge in [-0.1, -0.05) is 6.92 Å². The Balaban J connectivity index is 2.74. The average Bonchev–Trinajstić information content (AvgIpc) is 2.66. The van der Waals surface area contributed by atoms with E-state index < -0.39 is 23.0 Å². The number of nitro benzene ring substituents is 1. The predicted octanol–water partition coefficient (Wildman–Crippen LogP) is 2.97. The fourth-order valence-electron chi connectivity index (χ4n) is 3.04. The van der Waals surface area contributed by atoms with Gasteiger partial charge in [0.25, 0.3) is 5.69 Å². The molecule has 0 bridgehead atoms. The summed E-state index contributed by atoms with van der Waals surface area (Å²) < 4.78 is 16.1. The standard InChI is InChI=1S/C19H25N3O7/c1-6-12-16(18(23)28-7-2)17(21-19(24)20-12)11-8-15(29-10(3)4)14(27-5)9-13(11)22(25)26/h8-10,17H,6-7H2,1-5H3,(H2,20,21,24). The Kier molecular flexibility index (Phi) is 7.03. The van der Waals surface area contributed by atoms with Crippen molar-refractivity contribution in [3.8, 4) is 11.5 Å². The molecule has 1 unspecified atom stereocenters. The van der Waals surface area contributed by atoms with E-state index in [1.807, 2.05) is 0 Å². The number of hydrogen-bond donors (Lipinski definition) is 2. The van der Waals surface area contributed by atoms with E-state index in [9.17, 15) is 19.7 Å². The first-order valence-corrected chi connectivity index (χ1v) is 9.24. The molecule has 0 aromatic heterocycles. The summed E-state index contributed by atoms with van der Waals surface area (Å²) in [7, 11) is 1.37. The summed E-state index contributed by atoms with van der Waals surface area (Å²) in [6.45, 7) is 7.12. The van der Waals surface area contributed by atoms with Crippen molar-refractivity contribution in [3.05, 3.63) is 39.1 Å². The van der Waals surface area contributed by atoms with Crippen molar-refractivity contribution in [1.82, 2.24) is 10.6 Å². The van der Waals surface area contributed by atoms with Crippen LogP contribution in [0, 0.1) is 10.1 Å². The molecule has 2 rings (SSSR count). The molecular weight excluding hydrogens is 382 g/mol. The molecule has 0 aliphatic carbocycles. The molecule has 0 saturated heterocycles. The Bertz CT molecular complexity index is 848. The van der Waals surface area contributed by atoms with Gasteiger partial charge in [0.1, 0.15) is 0 Å². The summed E-state index contributed by atoms with van der Waals surface area (Å²) in [5.41, 5.74) is 0.226. The third kappa shape index (κ3) is 4.76. The summed E-state index contributed by atoms with van der Waals surface area (Å²) in [5.74, 6) is -0.234. The summed E-state index contributed by atoms with van der Waals surface area (Å²) in [6, 6.07) is 0.977. The second kappa shape index (κ2) is 9.26. The molecule has 10 nitrogen and oxygen atoms in total. The zero-order valence-corrected chi connectivity index (χ0v) is 17.0. The van der Waals surface area contributed by atoms with Crippen LogP contribution in [0.1, 0.15) is 45.7 Å². The lowest BCUT2D eigenvalue weighted by atomic mass is 9.92. The van der Waals surface area contributed by atoms with Crippen LogP contribution in [0.4, 0.5) is 10.5 Å². The van der Waals surface area contributed by atoms with Gasteiger partial charge in [0.15, 0.2) is 11.5 Å². The molecule has 1 aromatic rings. The average molecular weight is 407 g/mol. The lowest BCUT2D eigenvalue weighted by Gasteiger charge is -2.29. The molecule has 1 aromatic carbocycles. The molecule has 2 amide bonds. The fourth-order valence-corrected chi connectivity index (χ4v) is 3.04. The van der Waals surface area contributed by atoms with Crippen LogP contribution in [0.15, 0.2) is 23.4 Å². The van der Waals surface area contributed by atoms with Gasteiger partial charge in [-0.3, -0.25) is 10.1 Å². The lowest BCUT2D eigenvalue weighted by Crippen LogP contribution is -2.46. The van der Waals surface area contributed by atoms with Crippen LogP contribution in [-0.2, 0) is 9.53 Å². The van der Waals surface area contributed by atoms with Gasteiger partial charge < -0.3 is 24.8 Å². The number of methoxy groups -OCH3 is 1. The first kappa shape index (κ1) is 22.0. The Morgan fingerprint density at radius 1 is 1.28 bits per heavy atom. The van der Waals surface area contributed by atoms with Crippen molar-refractivity contribution in [2.75, 3.05) is 13.7 Å². The minimum Gasteiger partial charge on any atom is -0.493 e. The van der Waals surface area contributed by atoms with E-state index in [2.05, 4.69) is 10.6 Å². The number of hydrogen-bond acceptors (Lipinski definition) is 7. The number of nitro groups is 1. The molecule has 0 radical (unpaired) electrons. The Morgan fingerprint density at radius 3 is 2.48 bits per heavy atom. The van der Waals surface area contributed by atoms with Crippen molar-refractivity contribution in [1.29, 1.82) is 0 Å². The molecule has 29 heavy (non-hydrogen) atoms. The number of carbonyl (C=O) groups excluding carboxylic acids is 2. The van der Waals surface area contributed by atoms with Gasteiger partial charge >= 0.3 is 12.0 Å². The summed E-state index contributed by atoms with van der Waals surface area (Å²) in [6.07, 6.45) is 0.101. The molecular formula is C19H25N3O7. The maximum atomic E-state index is 12.6. The van der Waals surface area contributed by atoms with Crippen LogP contribution in [0.5, 0.6) is 11.5 Å². The van der Waals surface area contributed by atoms with Gasteiger partial charge in [0.2, 0.25) is 0 Å². The minimum atomic E-state index is -1.08. The Morgan fingerprint density at radius 2 is 1.97 bits per heavy atom. The zero-order valence-electron chi connectivity index (χ0n) is 17.0. The normalized spacial score (nSPS) is 16.2. The molecule has 0 saturated carbocycles. The van der Waals surface area contributed by atoms with Gasteiger partial charge in [-0.2, -0.15) is 0 Å². The number of carbonyl (C=O) groups is 2. The maximum Gasteiger partial charge on any atom is 0.338 e. The fraction of sp³-hybridized carbons (Fsp3) is 0.474. The molecule has 1 aliphatic heterocycles. The number of esters is 1. The number of urea groups is 1. The van der Waals surface area contributed by atoms with Crippen molar-refractivity contribution >= 4 is 17.7 Å². The van der Waals surface area contributed by atoms with Crippen LogP contribution in [-0.4, -0.2) is 36.7 Å².